The first-order valence-electron chi connectivity index (χ1n) is 19.1. The van der Waals surface area contributed by atoms with Crippen molar-refractivity contribution in [2.75, 3.05) is 0 Å². The molecule has 0 unspecified atom stereocenters. The minimum absolute atomic E-state index is 0.642. The quantitative estimate of drug-likeness (QED) is 0.171. The van der Waals surface area contributed by atoms with E-state index in [0.29, 0.717) is 17.5 Å². The molecule has 0 N–H and O–H groups in total. The monoisotopic (exact) mass is 709 g/mol. The Morgan fingerprint density at radius 2 is 0.714 bits per heavy atom. The molecule has 56 heavy (non-hydrogen) atoms. The number of hydrogen-bond acceptors (Lipinski definition) is 3. The summed E-state index contributed by atoms with van der Waals surface area (Å²) in [4.78, 5) is 15.6. The van der Waals surface area contributed by atoms with E-state index in [2.05, 4.69) is 170 Å². The second-order valence-corrected chi connectivity index (χ2v) is 14.7. The molecule has 0 amide bonds. The van der Waals surface area contributed by atoms with E-state index < -0.39 is 0 Å². The standard InChI is InChI=1S/C53H31N3/c1-2-11-36(12-3-1)51-54-52(37-25-21-32(22-26-37)38-29-27-35-24-23-33-13-10-14-34-28-30-45(38)49(35)48(33)34)56-53(55-51)47-31-46-41-17-5-4-15-39(41)40-16-6-8-19-43(40)50(46)44-20-9-7-18-42(44)47/h1-31H. The van der Waals surface area contributed by atoms with Gasteiger partial charge in [0.15, 0.2) is 17.5 Å². The molecular weight excluding hydrogens is 679 g/mol. The van der Waals surface area contributed by atoms with E-state index in [1.807, 2.05) is 18.2 Å². The Kier molecular flexibility index (Phi) is 6.63. The predicted molar refractivity (Wildman–Crippen MR) is 235 cm³/mol. The van der Waals surface area contributed by atoms with E-state index in [9.17, 15) is 0 Å². The smallest absolute Gasteiger partial charge is 0.164 e. The molecule has 0 saturated heterocycles. The van der Waals surface area contributed by atoms with Crippen molar-refractivity contribution in [2.45, 2.75) is 0 Å². The van der Waals surface area contributed by atoms with Crippen molar-refractivity contribution in [3.8, 4) is 45.3 Å². The molecule has 0 aliphatic heterocycles. The zero-order chi connectivity index (χ0) is 36.7. The van der Waals surface area contributed by atoms with Crippen LogP contribution >= 0.6 is 0 Å². The van der Waals surface area contributed by atoms with Gasteiger partial charge in [-0.25, -0.2) is 15.0 Å². The minimum Gasteiger partial charge on any atom is -0.208 e. The van der Waals surface area contributed by atoms with Gasteiger partial charge in [-0.15, -0.1) is 0 Å². The van der Waals surface area contributed by atoms with Crippen LogP contribution in [0.25, 0.3) is 121 Å². The van der Waals surface area contributed by atoms with Gasteiger partial charge in [-0.2, -0.15) is 0 Å². The molecule has 0 spiro atoms. The molecule has 3 nitrogen and oxygen atoms in total. The van der Waals surface area contributed by atoms with E-state index in [0.717, 1.165) is 27.6 Å². The second-order valence-electron chi connectivity index (χ2n) is 14.7. The van der Waals surface area contributed by atoms with Crippen LogP contribution in [0.2, 0.25) is 0 Å². The molecule has 1 aromatic heterocycles. The summed E-state index contributed by atoms with van der Waals surface area (Å²) in [5.74, 6) is 1.94. The van der Waals surface area contributed by atoms with Crippen LogP contribution < -0.4 is 0 Å². The van der Waals surface area contributed by atoms with E-state index in [1.165, 1.54) is 75.6 Å². The average molecular weight is 710 g/mol. The number of hydrogen-bond donors (Lipinski definition) is 0. The summed E-state index contributed by atoms with van der Waals surface area (Å²) < 4.78 is 0. The summed E-state index contributed by atoms with van der Waals surface area (Å²) in [5.41, 5.74) is 5.24. The Hall–Kier alpha value is -7.49. The number of nitrogens with zero attached hydrogens (tertiary/aromatic N) is 3. The maximum absolute atomic E-state index is 5.28. The zero-order valence-electron chi connectivity index (χ0n) is 30.2. The largest absolute Gasteiger partial charge is 0.208 e. The van der Waals surface area contributed by atoms with Crippen molar-refractivity contribution < 1.29 is 0 Å². The molecule has 11 aromatic carbocycles. The molecule has 0 fully saturated rings. The Labute approximate surface area is 322 Å². The fourth-order valence-corrected chi connectivity index (χ4v) is 9.08. The molecule has 12 rings (SSSR count). The van der Waals surface area contributed by atoms with E-state index in [4.69, 9.17) is 15.0 Å². The van der Waals surface area contributed by atoms with Gasteiger partial charge in [0.05, 0.1) is 0 Å². The number of aromatic nitrogens is 3. The highest BCUT2D eigenvalue weighted by molar-refractivity contribution is 6.33. The van der Waals surface area contributed by atoms with Gasteiger partial charge >= 0.3 is 0 Å². The van der Waals surface area contributed by atoms with Gasteiger partial charge in [0.1, 0.15) is 0 Å². The lowest BCUT2D eigenvalue weighted by Gasteiger charge is -2.16. The van der Waals surface area contributed by atoms with Gasteiger partial charge in [0, 0.05) is 16.7 Å². The number of fused-ring (bicyclic) bond motifs is 8. The molecule has 1 heterocycles. The first kappa shape index (κ1) is 30.9. The van der Waals surface area contributed by atoms with Gasteiger partial charge in [-0.1, -0.05) is 182 Å². The highest BCUT2D eigenvalue weighted by Gasteiger charge is 2.19. The second kappa shape index (κ2) is 12.0. The van der Waals surface area contributed by atoms with Crippen LogP contribution in [0.5, 0.6) is 0 Å². The summed E-state index contributed by atoms with van der Waals surface area (Å²) in [6.45, 7) is 0. The van der Waals surface area contributed by atoms with Gasteiger partial charge in [-0.3, -0.25) is 0 Å². The Morgan fingerprint density at radius 1 is 0.232 bits per heavy atom. The van der Waals surface area contributed by atoms with Crippen molar-refractivity contribution in [3.05, 3.63) is 188 Å². The Bertz CT molecular complexity index is 3500. The molecule has 0 saturated carbocycles. The third-order valence-electron chi connectivity index (χ3n) is 11.6. The summed E-state index contributed by atoms with van der Waals surface area (Å²) in [6, 6.07) is 67.5. The summed E-state index contributed by atoms with van der Waals surface area (Å²) in [6.07, 6.45) is 0. The van der Waals surface area contributed by atoms with Crippen molar-refractivity contribution in [1.29, 1.82) is 0 Å². The highest BCUT2D eigenvalue weighted by atomic mass is 15.0. The Balaban J connectivity index is 1.07. The molecular formula is C53H31N3. The molecule has 0 aliphatic carbocycles. The summed E-state index contributed by atoms with van der Waals surface area (Å²) in [7, 11) is 0. The maximum atomic E-state index is 5.28. The van der Waals surface area contributed by atoms with Crippen molar-refractivity contribution in [3.63, 3.8) is 0 Å². The molecule has 12 aromatic rings. The lowest BCUT2D eigenvalue weighted by molar-refractivity contribution is 1.08. The van der Waals surface area contributed by atoms with Crippen LogP contribution in [-0.2, 0) is 0 Å². The van der Waals surface area contributed by atoms with Crippen molar-refractivity contribution in [1.82, 2.24) is 15.0 Å². The lowest BCUT2D eigenvalue weighted by Crippen LogP contribution is -2.01. The van der Waals surface area contributed by atoms with Crippen LogP contribution in [0.15, 0.2) is 188 Å². The van der Waals surface area contributed by atoms with Crippen molar-refractivity contribution >= 4 is 75.4 Å². The van der Waals surface area contributed by atoms with Crippen molar-refractivity contribution in [2.24, 2.45) is 0 Å². The first-order valence-corrected chi connectivity index (χ1v) is 19.1. The lowest BCUT2D eigenvalue weighted by atomic mass is 9.89. The van der Waals surface area contributed by atoms with Crippen LogP contribution in [0.3, 0.4) is 0 Å². The fraction of sp³-hybridized carbons (Fsp3) is 0. The first-order chi connectivity index (χ1) is 27.8. The van der Waals surface area contributed by atoms with E-state index in [1.54, 1.807) is 0 Å². The van der Waals surface area contributed by atoms with E-state index in [-0.39, 0.29) is 0 Å². The zero-order valence-corrected chi connectivity index (χ0v) is 30.2. The fourth-order valence-electron chi connectivity index (χ4n) is 9.08. The predicted octanol–water partition coefficient (Wildman–Crippen LogP) is 14.0. The molecule has 0 atom stereocenters. The molecule has 0 bridgehead atoms. The van der Waals surface area contributed by atoms with Gasteiger partial charge < -0.3 is 0 Å². The summed E-state index contributed by atoms with van der Waals surface area (Å²) >= 11 is 0. The molecule has 3 heteroatoms. The van der Waals surface area contributed by atoms with Crippen LogP contribution in [0.1, 0.15) is 0 Å². The average Bonchev–Trinajstić information content (AvgIpc) is 3.28. The van der Waals surface area contributed by atoms with E-state index >= 15 is 0 Å². The normalized spacial score (nSPS) is 11.9. The highest BCUT2D eigenvalue weighted by Crippen LogP contribution is 2.43. The minimum atomic E-state index is 0.642. The molecule has 258 valence electrons. The maximum Gasteiger partial charge on any atom is 0.164 e. The number of benzene rings is 11. The van der Waals surface area contributed by atoms with Gasteiger partial charge in [0.25, 0.3) is 0 Å². The SMILES string of the molecule is c1ccc(-c2nc(-c3ccc(-c4ccc5ccc6cccc7ccc4c5c67)cc3)nc(-c3cc4c5ccccc5c5ccccc5c4c4ccccc34)n2)cc1. The third kappa shape index (κ3) is 4.61. The molecule has 0 radical (unpaired) electrons. The summed E-state index contributed by atoms with van der Waals surface area (Å²) in [5, 5.41) is 17.4. The number of rotatable bonds is 4. The van der Waals surface area contributed by atoms with Crippen LogP contribution in [0.4, 0.5) is 0 Å². The third-order valence-corrected chi connectivity index (χ3v) is 11.6. The topological polar surface area (TPSA) is 38.7 Å². The van der Waals surface area contributed by atoms with Gasteiger partial charge in [0.2, 0.25) is 0 Å². The molecule has 0 aliphatic rings. The van der Waals surface area contributed by atoms with Crippen LogP contribution in [-0.4, -0.2) is 15.0 Å². The van der Waals surface area contributed by atoms with Crippen LogP contribution in [0, 0.1) is 0 Å². The Morgan fingerprint density at radius 3 is 1.41 bits per heavy atom. The van der Waals surface area contributed by atoms with Gasteiger partial charge in [-0.05, 0) is 92.6 Å².